The number of aromatic amines is 1. The number of rotatable bonds is 3. The normalized spacial score (nSPS) is 19.9. The molecular formula is C16H22BrCl2N5O. The maximum atomic E-state index is 12.2. The van der Waals surface area contributed by atoms with Crippen LogP contribution in [-0.2, 0) is 4.79 Å². The minimum absolute atomic E-state index is 0. The molecule has 2 aromatic heterocycles. The van der Waals surface area contributed by atoms with Crippen molar-refractivity contribution >= 4 is 69.1 Å². The van der Waals surface area contributed by atoms with Gasteiger partial charge < -0.3 is 20.9 Å². The van der Waals surface area contributed by atoms with Crippen LogP contribution in [0.2, 0.25) is 0 Å². The Labute approximate surface area is 167 Å². The molecule has 1 saturated carbocycles. The number of piperidine rings is 1. The Morgan fingerprint density at radius 2 is 2.12 bits per heavy atom. The van der Waals surface area contributed by atoms with Crippen LogP contribution in [0.5, 0.6) is 0 Å². The molecule has 138 valence electrons. The predicted octanol–water partition coefficient (Wildman–Crippen LogP) is 3.45. The van der Waals surface area contributed by atoms with Gasteiger partial charge in [-0.25, -0.2) is 4.98 Å². The van der Waals surface area contributed by atoms with Crippen LogP contribution >= 0.6 is 40.7 Å². The number of hydrogen-bond acceptors (Lipinski definition) is 4. The Bertz CT molecular complexity index is 764. The van der Waals surface area contributed by atoms with E-state index < -0.39 is 0 Å². The lowest BCUT2D eigenvalue weighted by molar-refractivity contribution is -0.117. The van der Waals surface area contributed by atoms with E-state index in [0.717, 1.165) is 65.7 Å². The summed E-state index contributed by atoms with van der Waals surface area (Å²) in [4.78, 5) is 22.0. The summed E-state index contributed by atoms with van der Waals surface area (Å²) in [7, 11) is 0. The molecule has 3 heterocycles. The van der Waals surface area contributed by atoms with Crippen LogP contribution in [0.1, 0.15) is 25.7 Å². The van der Waals surface area contributed by atoms with Crippen LogP contribution in [0.15, 0.2) is 16.9 Å². The standard InChI is InChI=1S/C16H20BrN5O.2ClH/c17-11-6-19-15-13(14(11)22-5-1-2-10(18)8-22)12(7-20-15)21-16(23)9-3-4-9;;/h6-7,9-10H,1-5,8,18H2,(H,19,20)(H,21,23);2*1H/t10-;;/m1../s1. The van der Waals surface area contributed by atoms with Gasteiger partial charge in [-0.15, -0.1) is 24.8 Å². The molecule has 0 spiro atoms. The minimum atomic E-state index is 0. The van der Waals surface area contributed by atoms with Gasteiger partial charge in [-0.1, -0.05) is 0 Å². The molecule has 0 bridgehead atoms. The summed E-state index contributed by atoms with van der Waals surface area (Å²) in [5, 5.41) is 4.02. The maximum absolute atomic E-state index is 12.2. The number of anilines is 2. The zero-order chi connectivity index (χ0) is 16.0. The molecule has 0 aromatic carbocycles. The number of pyridine rings is 1. The van der Waals surface area contributed by atoms with Crippen molar-refractivity contribution in [1.82, 2.24) is 9.97 Å². The average Bonchev–Trinajstić information content (AvgIpc) is 3.31. The van der Waals surface area contributed by atoms with E-state index in [2.05, 4.69) is 36.1 Å². The Morgan fingerprint density at radius 1 is 1.36 bits per heavy atom. The van der Waals surface area contributed by atoms with Crippen molar-refractivity contribution in [1.29, 1.82) is 0 Å². The first kappa shape index (κ1) is 20.3. The van der Waals surface area contributed by atoms with Crippen molar-refractivity contribution in [2.24, 2.45) is 11.7 Å². The van der Waals surface area contributed by atoms with Crippen LogP contribution in [-0.4, -0.2) is 35.0 Å². The molecule has 1 aliphatic carbocycles. The lowest BCUT2D eigenvalue weighted by Gasteiger charge is -2.33. The molecule has 2 fully saturated rings. The number of hydrogen-bond donors (Lipinski definition) is 3. The highest BCUT2D eigenvalue weighted by Crippen LogP contribution is 2.39. The van der Waals surface area contributed by atoms with Gasteiger partial charge in [-0.3, -0.25) is 4.79 Å². The van der Waals surface area contributed by atoms with E-state index in [4.69, 9.17) is 5.73 Å². The van der Waals surface area contributed by atoms with Gasteiger partial charge in [-0.2, -0.15) is 0 Å². The van der Waals surface area contributed by atoms with E-state index in [1.807, 2.05) is 6.20 Å². The van der Waals surface area contributed by atoms with Gasteiger partial charge in [0.2, 0.25) is 5.91 Å². The fourth-order valence-corrected chi connectivity index (χ4v) is 3.81. The minimum Gasteiger partial charge on any atom is -0.368 e. The Balaban J connectivity index is 0.00000113. The summed E-state index contributed by atoms with van der Waals surface area (Å²) >= 11 is 3.63. The molecule has 2 aliphatic rings. The fourth-order valence-electron chi connectivity index (χ4n) is 3.26. The van der Waals surface area contributed by atoms with Crippen molar-refractivity contribution in [3.8, 4) is 0 Å². The van der Waals surface area contributed by atoms with E-state index in [0.29, 0.717) is 0 Å². The SMILES string of the molecule is Cl.Cl.N[C@@H]1CCCN(c2c(Br)cnc3[nH]cc(NC(=O)C4CC4)c23)C1. The molecule has 4 N–H and O–H groups in total. The van der Waals surface area contributed by atoms with E-state index in [-0.39, 0.29) is 42.7 Å². The molecule has 0 unspecified atom stereocenters. The third kappa shape index (κ3) is 4.05. The highest BCUT2D eigenvalue weighted by molar-refractivity contribution is 9.10. The van der Waals surface area contributed by atoms with E-state index in [9.17, 15) is 4.79 Å². The lowest BCUT2D eigenvalue weighted by atomic mass is 10.1. The Morgan fingerprint density at radius 3 is 2.80 bits per heavy atom. The maximum Gasteiger partial charge on any atom is 0.227 e. The molecule has 0 radical (unpaired) electrons. The molecule has 1 atom stereocenters. The second-order valence-electron chi connectivity index (χ2n) is 6.49. The molecule has 1 aliphatic heterocycles. The summed E-state index contributed by atoms with van der Waals surface area (Å²) < 4.78 is 0.931. The lowest BCUT2D eigenvalue weighted by Crippen LogP contribution is -2.43. The van der Waals surface area contributed by atoms with Gasteiger partial charge >= 0.3 is 0 Å². The molecule has 9 heteroatoms. The third-order valence-corrected chi connectivity index (χ3v) is 5.19. The van der Waals surface area contributed by atoms with Gasteiger partial charge in [0, 0.05) is 37.4 Å². The Kier molecular flexibility index (Phi) is 6.59. The fraction of sp³-hybridized carbons (Fsp3) is 0.500. The van der Waals surface area contributed by atoms with Crippen molar-refractivity contribution in [3.63, 3.8) is 0 Å². The van der Waals surface area contributed by atoms with E-state index in [1.54, 1.807) is 6.20 Å². The topological polar surface area (TPSA) is 87.0 Å². The van der Waals surface area contributed by atoms with Gasteiger partial charge in [0.25, 0.3) is 0 Å². The zero-order valence-corrected chi connectivity index (χ0v) is 16.8. The van der Waals surface area contributed by atoms with Gasteiger partial charge in [-0.05, 0) is 41.6 Å². The summed E-state index contributed by atoms with van der Waals surface area (Å²) in [6.45, 7) is 1.78. The van der Waals surface area contributed by atoms with Gasteiger partial charge in [0.1, 0.15) is 5.65 Å². The molecule has 25 heavy (non-hydrogen) atoms. The predicted molar refractivity (Wildman–Crippen MR) is 109 cm³/mol. The summed E-state index contributed by atoms with van der Waals surface area (Å²) in [5.41, 5.74) is 8.81. The van der Waals surface area contributed by atoms with E-state index >= 15 is 0 Å². The number of nitrogens with zero attached hydrogens (tertiary/aromatic N) is 2. The third-order valence-electron chi connectivity index (χ3n) is 4.61. The number of carbonyl (C=O) groups excluding carboxylic acids is 1. The Hall–Kier alpha value is -1.02. The van der Waals surface area contributed by atoms with Gasteiger partial charge in [0.05, 0.1) is 21.2 Å². The number of H-pyrrole nitrogens is 1. The van der Waals surface area contributed by atoms with Crippen molar-refractivity contribution in [3.05, 3.63) is 16.9 Å². The van der Waals surface area contributed by atoms with E-state index in [1.165, 1.54) is 0 Å². The first-order valence-electron chi connectivity index (χ1n) is 8.10. The quantitative estimate of drug-likeness (QED) is 0.668. The molecule has 6 nitrogen and oxygen atoms in total. The molecule has 1 saturated heterocycles. The molecule has 2 aromatic rings. The number of halogens is 3. The smallest absolute Gasteiger partial charge is 0.227 e. The first-order valence-corrected chi connectivity index (χ1v) is 8.89. The number of carbonyl (C=O) groups is 1. The van der Waals surface area contributed by atoms with Crippen LogP contribution < -0.4 is 16.0 Å². The summed E-state index contributed by atoms with van der Waals surface area (Å²) in [6, 6.07) is 0.183. The first-order chi connectivity index (χ1) is 11.1. The largest absolute Gasteiger partial charge is 0.368 e. The summed E-state index contributed by atoms with van der Waals surface area (Å²) in [5.74, 6) is 0.277. The van der Waals surface area contributed by atoms with Gasteiger partial charge in [0.15, 0.2) is 0 Å². The molecular weight excluding hydrogens is 429 g/mol. The number of fused-ring (bicyclic) bond motifs is 1. The summed E-state index contributed by atoms with van der Waals surface area (Å²) in [6.07, 6.45) is 7.75. The second kappa shape index (κ2) is 8.12. The number of aromatic nitrogens is 2. The highest BCUT2D eigenvalue weighted by Gasteiger charge is 2.31. The van der Waals surface area contributed by atoms with Crippen molar-refractivity contribution in [2.45, 2.75) is 31.7 Å². The van der Waals surface area contributed by atoms with Crippen LogP contribution in [0.25, 0.3) is 11.0 Å². The second-order valence-corrected chi connectivity index (χ2v) is 7.35. The van der Waals surface area contributed by atoms with Crippen LogP contribution in [0, 0.1) is 5.92 Å². The zero-order valence-electron chi connectivity index (χ0n) is 13.6. The van der Waals surface area contributed by atoms with Crippen molar-refractivity contribution in [2.75, 3.05) is 23.3 Å². The number of nitrogens with one attached hydrogen (secondary N) is 2. The van der Waals surface area contributed by atoms with Crippen LogP contribution in [0.3, 0.4) is 0 Å². The average molecular weight is 451 g/mol. The monoisotopic (exact) mass is 449 g/mol. The number of amides is 1. The highest BCUT2D eigenvalue weighted by atomic mass is 79.9. The molecule has 4 rings (SSSR count). The van der Waals surface area contributed by atoms with Crippen LogP contribution in [0.4, 0.5) is 11.4 Å². The van der Waals surface area contributed by atoms with Crippen molar-refractivity contribution < 1.29 is 4.79 Å². The molecule has 1 amide bonds. The number of nitrogens with two attached hydrogens (primary N) is 1.